The summed E-state index contributed by atoms with van der Waals surface area (Å²) in [5.74, 6) is -0.785. The van der Waals surface area contributed by atoms with Crippen molar-refractivity contribution in [1.29, 1.82) is 0 Å². The quantitative estimate of drug-likeness (QED) is 0.485. The summed E-state index contributed by atoms with van der Waals surface area (Å²) < 4.78 is 35.1. The molecule has 1 aliphatic heterocycles. The predicted octanol–water partition coefficient (Wildman–Crippen LogP) is 4.80. The summed E-state index contributed by atoms with van der Waals surface area (Å²) >= 11 is 0. The van der Waals surface area contributed by atoms with Crippen molar-refractivity contribution in [2.24, 2.45) is 5.41 Å². The molecule has 1 aliphatic rings. The van der Waals surface area contributed by atoms with Gasteiger partial charge in [-0.25, -0.2) is 8.42 Å². The Morgan fingerprint density at radius 1 is 0.972 bits per heavy atom. The molecule has 190 valence electrons. The Hall–Kier alpha value is -3.00. The molecule has 0 spiro atoms. The Morgan fingerprint density at radius 3 is 2.08 bits per heavy atom. The number of sulfonamides is 1. The number of aliphatic hydroxyl groups is 1. The largest absolute Gasteiger partial charge is 0.460 e. The zero-order valence-electron chi connectivity index (χ0n) is 21.1. The second-order valence-corrected chi connectivity index (χ2v) is 12.4. The highest BCUT2D eigenvalue weighted by atomic mass is 32.2. The molecule has 3 atom stereocenters. The molecular weight excluding hydrogens is 474 g/mol. The number of ether oxygens (including phenoxy) is 1. The van der Waals surface area contributed by atoms with Crippen LogP contribution < -0.4 is 0 Å². The van der Waals surface area contributed by atoms with Gasteiger partial charge in [0.25, 0.3) is 0 Å². The van der Waals surface area contributed by atoms with Crippen LogP contribution in [0.3, 0.4) is 0 Å². The highest BCUT2D eigenvalue weighted by molar-refractivity contribution is 7.89. The lowest BCUT2D eigenvalue weighted by Gasteiger charge is -2.36. The van der Waals surface area contributed by atoms with Crippen molar-refractivity contribution in [3.8, 4) is 0 Å². The molecule has 0 bridgehead atoms. The Labute approximate surface area is 213 Å². The second-order valence-electron chi connectivity index (χ2n) is 10.5. The maximum absolute atomic E-state index is 14.1. The molecule has 0 amide bonds. The second kappa shape index (κ2) is 9.81. The zero-order chi connectivity index (χ0) is 26.1. The van der Waals surface area contributed by atoms with Crippen LogP contribution in [-0.4, -0.2) is 35.9 Å². The van der Waals surface area contributed by atoms with E-state index in [1.54, 1.807) is 36.4 Å². The maximum atomic E-state index is 14.1. The molecule has 7 heteroatoms. The van der Waals surface area contributed by atoms with E-state index in [1.807, 2.05) is 64.1 Å². The Kier molecular flexibility index (Phi) is 7.10. The first-order chi connectivity index (χ1) is 16.9. The molecule has 1 N–H and O–H groups in total. The number of nitrogens with zero attached hydrogens (tertiary/aromatic N) is 1. The van der Waals surface area contributed by atoms with Gasteiger partial charge in [0.15, 0.2) is 6.04 Å². The van der Waals surface area contributed by atoms with Gasteiger partial charge in [-0.05, 0) is 42.0 Å². The van der Waals surface area contributed by atoms with Gasteiger partial charge >= 0.3 is 5.97 Å². The Balaban J connectivity index is 1.85. The van der Waals surface area contributed by atoms with Gasteiger partial charge < -0.3 is 9.84 Å². The third-order valence-corrected chi connectivity index (χ3v) is 8.72. The monoisotopic (exact) mass is 507 g/mol. The van der Waals surface area contributed by atoms with Crippen molar-refractivity contribution in [2.75, 3.05) is 0 Å². The van der Waals surface area contributed by atoms with E-state index in [9.17, 15) is 18.3 Å². The lowest BCUT2D eigenvalue weighted by Crippen LogP contribution is -2.53. The maximum Gasteiger partial charge on any atom is 0.328 e. The van der Waals surface area contributed by atoms with E-state index in [4.69, 9.17) is 4.74 Å². The molecule has 0 aromatic heterocycles. The zero-order valence-corrected chi connectivity index (χ0v) is 21.9. The fourth-order valence-electron chi connectivity index (χ4n) is 4.82. The van der Waals surface area contributed by atoms with E-state index >= 15 is 0 Å². The third-order valence-electron chi connectivity index (χ3n) is 6.84. The molecule has 1 heterocycles. The standard InChI is InChI=1S/C29H33NO5S/c1-21-15-17-24(18-16-21)36(33,34)30-25(28(2,3)4)19-29(32,23-13-9-6-10-14-23)26(30)27(31)35-20-22-11-7-5-8-12-22/h5-18,25-26,32H,19-20H2,1-4H3/t25-,26+,29-/m0/s1. The van der Waals surface area contributed by atoms with Crippen molar-refractivity contribution >= 4 is 16.0 Å². The summed E-state index contributed by atoms with van der Waals surface area (Å²) in [4.78, 5) is 13.8. The summed E-state index contributed by atoms with van der Waals surface area (Å²) in [5.41, 5.74) is -0.183. The molecule has 3 aromatic carbocycles. The molecule has 36 heavy (non-hydrogen) atoms. The van der Waals surface area contributed by atoms with E-state index in [0.29, 0.717) is 5.56 Å². The number of carbonyl (C=O) groups is 1. The van der Waals surface area contributed by atoms with Crippen LogP contribution in [0.1, 0.15) is 43.9 Å². The molecule has 0 aliphatic carbocycles. The number of hydrogen-bond donors (Lipinski definition) is 1. The van der Waals surface area contributed by atoms with Crippen LogP contribution in [0.4, 0.5) is 0 Å². The van der Waals surface area contributed by atoms with Crippen LogP contribution in [0, 0.1) is 12.3 Å². The topological polar surface area (TPSA) is 83.9 Å². The molecule has 0 radical (unpaired) electrons. The SMILES string of the molecule is Cc1ccc(S(=O)(=O)N2[C@H](C(C)(C)C)C[C@](O)(c3ccccc3)[C@H]2C(=O)OCc2ccccc2)cc1. The first kappa shape index (κ1) is 26.1. The number of aryl methyl sites for hydroxylation is 1. The number of esters is 1. The van der Waals surface area contributed by atoms with Gasteiger partial charge in [0.05, 0.1) is 4.90 Å². The fourth-order valence-corrected chi connectivity index (χ4v) is 6.81. The van der Waals surface area contributed by atoms with Crippen LogP contribution in [0.2, 0.25) is 0 Å². The predicted molar refractivity (Wildman–Crippen MR) is 138 cm³/mol. The minimum Gasteiger partial charge on any atom is -0.460 e. The molecule has 1 saturated heterocycles. The van der Waals surface area contributed by atoms with E-state index in [0.717, 1.165) is 11.1 Å². The molecule has 6 nitrogen and oxygen atoms in total. The lowest BCUT2D eigenvalue weighted by atomic mass is 9.79. The van der Waals surface area contributed by atoms with Crippen molar-refractivity contribution in [2.45, 2.75) is 63.3 Å². The summed E-state index contributed by atoms with van der Waals surface area (Å²) in [6, 6.07) is 22.4. The molecule has 3 aromatic rings. The molecule has 1 fully saturated rings. The summed E-state index contributed by atoms with van der Waals surface area (Å²) in [5, 5.41) is 12.1. The third kappa shape index (κ3) is 4.96. The van der Waals surface area contributed by atoms with Gasteiger partial charge in [-0.1, -0.05) is 99.1 Å². The minimum absolute atomic E-state index is 0.0281. The summed E-state index contributed by atoms with van der Waals surface area (Å²) in [7, 11) is -4.17. The number of rotatable bonds is 6. The van der Waals surface area contributed by atoms with Crippen LogP contribution in [-0.2, 0) is 31.8 Å². The number of carbonyl (C=O) groups excluding carboxylic acids is 1. The number of benzene rings is 3. The van der Waals surface area contributed by atoms with Crippen molar-refractivity contribution in [1.82, 2.24) is 4.31 Å². The molecule has 4 rings (SSSR count). The smallest absolute Gasteiger partial charge is 0.328 e. The first-order valence-corrected chi connectivity index (χ1v) is 13.5. The summed E-state index contributed by atoms with van der Waals surface area (Å²) in [6.45, 7) is 7.59. The Bertz CT molecular complexity index is 1300. The van der Waals surface area contributed by atoms with Gasteiger partial charge in [-0.2, -0.15) is 4.31 Å². The van der Waals surface area contributed by atoms with Gasteiger partial charge in [0.2, 0.25) is 10.0 Å². The van der Waals surface area contributed by atoms with Crippen molar-refractivity contribution < 1.29 is 23.1 Å². The van der Waals surface area contributed by atoms with Gasteiger partial charge in [0, 0.05) is 6.04 Å². The lowest BCUT2D eigenvalue weighted by molar-refractivity contribution is -0.156. The van der Waals surface area contributed by atoms with Crippen LogP contribution in [0.5, 0.6) is 0 Å². The van der Waals surface area contributed by atoms with Gasteiger partial charge in [-0.15, -0.1) is 0 Å². The molecule has 0 unspecified atom stereocenters. The molecular formula is C29H33NO5S. The summed E-state index contributed by atoms with van der Waals surface area (Å²) in [6.07, 6.45) is 0.0523. The van der Waals surface area contributed by atoms with E-state index in [1.165, 1.54) is 16.4 Å². The average molecular weight is 508 g/mol. The van der Waals surface area contributed by atoms with Gasteiger partial charge in [0.1, 0.15) is 12.2 Å². The van der Waals surface area contributed by atoms with E-state index in [2.05, 4.69) is 0 Å². The highest BCUT2D eigenvalue weighted by Crippen LogP contribution is 2.49. The average Bonchev–Trinajstić information content (AvgIpc) is 3.20. The van der Waals surface area contributed by atoms with Gasteiger partial charge in [-0.3, -0.25) is 4.79 Å². The van der Waals surface area contributed by atoms with Crippen LogP contribution >= 0.6 is 0 Å². The van der Waals surface area contributed by atoms with E-state index < -0.39 is 39.1 Å². The van der Waals surface area contributed by atoms with Crippen LogP contribution in [0.25, 0.3) is 0 Å². The molecule has 0 saturated carbocycles. The normalized spacial score (nSPS) is 22.9. The van der Waals surface area contributed by atoms with E-state index in [-0.39, 0.29) is 17.9 Å². The highest BCUT2D eigenvalue weighted by Gasteiger charge is 2.62. The number of hydrogen-bond acceptors (Lipinski definition) is 5. The van der Waals surface area contributed by atoms with Crippen molar-refractivity contribution in [3.63, 3.8) is 0 Å². The van der Waals surface area contributed by atoms with Crippen LogP contribution in [0.15, 0.2) is 89.8 Å². The Morgan fingerprint density at radius 2 is 1.53 bits per heavy atom. The minimum atomic E-state index is -4.17. The fraction of sp³-hybridized carbons (Fsp3) is 0.345. The first-order valence-electron chi connectivity index (χ1n) is 12.0. The van der Waals surface area contributed by atoms with Crippen molar-refractivity contribution in [3.05, 3.63) is 102 Å².